The van der Waals surface area contributed by atoms with Gasteiger partial charge in [0.1, 0.15) is 11.5 Å². The van der Waals surface area contributed by atoms with Gasteiger partial charge in [-0.15, -0.1) is 0 Å². The minimum absolute atomic E-state index is 0.0684. The standard InChI is InChI=1S/C34H30ClN3O2/c1-3-4-17-38-28-16-9-20(2)18-27(28)34(33(38)40)30(31(39)22-10-13-23(35)14-11-22)25-15-12-21-7-5-6-8-24(21)29(25)26(19-36)32(34)37/h5-11,13-14,16,18,25,30,37H,3-4,12,15,17H2,1-2H3/t25-,30-,34-/m0/s1. The lowest BCUT2D eigenvalue weighted by Gasteiger charge is -2.47. The highest BCUT2D eigenvalue weighted by Crippen LogP contribution is 2.59. The Morgan fingerprint density at radius 2 is 1.90 bits per heavy atom. The maximum Gasteiger partial charge on any atom is 0.244 e. The second kappa shape index (κ2) is 9.87. The van der Waals surface area contributed by atoms with E-state index in [4.69, 9.17) is 11.6 Å². The van der Waals surface area contributed by atoms with Crippen LogP contribution in [-0.4, -0.2) is 23.9 Å². The van der Waals surface area contributed by atoms with E-state index in [2.05, 4.69) is 13.0 Å². The topological polar surface area (TPSA) is 85.0 Å². The molecular weight excluding hydrogens is 518 g/mol. The average Bonchev–Trinajstić information content (AvgIpc) is 3.20. The van der Waals surface area contributed by atoms with E-state index in [1.54, 1.807) is 29.2 Å². The number of nitriles is 1. The molecule has 3 aliphatic rings. The zero-order chi connectivity index (χ0) is 28.2. The molecule has 1 aliphatic heterocycles. The molecule has 0 saturated heterocycles. The molecular formula is C34H30ClN3O2. The Labute approximate surface area is 239 Å². The molecule has 0 fully saturated rings. The predicted molar refractivity (Wildman–Crippen MR) is 158 cm³/mol. The number of unbranched alkanes of at least 4 members (excludes halogenated alkanes) is 1. The number of amides is 1. The maximum absolute atomic E-state index is 14.8. The SMILES string of the molecule is CCCCN1C(=O)[C@@]2(C(=N)C(C#N)=C3c4ccccc4CC[C@@H]3[C@H]2C(=O)c2ccc(Cl)cc2)c2cc(C)ccc21. The minimum Gasteiger partial charge on any atom is -0.311 e. The van der Waals surface area contributed by atoms with Crippen molar-refractivity contribution in [1.29, 1.82) is 10.7 Å². The highest BCUT2D eigenvalue weighted by Gasteiger charge is 2.66. The van der Waals surface area contributed by atoms with Crippen molar-refractivity contribution in [3.8, 4) is 6.07 Å². The summed E-state index contributed by atoms with van der Waals surface area (Å²) >= 11 is 6.18. The van der Waals surface area contributed by atoms with Crippen molar-refractivity contribution in [3.63, 3.8) is 0 Å². The van der Waals surface area contributed by atoms with Gasteiger partial charge in [0.2, 0.25) is 5.91 Å². The van der Waals surface area contributed by atoms with Gasteiger partial charge < -0.3 is 10.3 Å². The molecule has 0 bridgehead atoms. The van der Waals surface area contributed by atoms with Crippen LogP contribution in [0.15, 0.2) is 72.3 Å². The van der Waals surface area contributed by atoms with Crippen LogP contribution in [0.2, 0.25) is 5.02 Å². The Bertz CT molecular complexity index is 1650. The average molecular weight is 548 g/mol. The van der Waals surface area contributed by atoms with Crippen molar-refractivity contribution < 1.29 is 9.59 Å². The number of allylic oxidation sites excluding steroid dienone is 2. The fourth-order valence-corrected chi connectivity index (χ4v) is 7.23. The van der Waals surface area contributed by atoms with Crippen LogP contribution < -0.4 is 4.90 Å². The number of nitrogens with zero attached hydrogens (tertiary/aromatic N) is 2. The fraction of sp³-hybridized carbons (Fsp3) is 0.294. The van der Waals surface area contributed by atoms with E-state index in [0.29, 0.717) is 29.1 Å². The van der Waals surface area contributed by atoms with Crippen molar-refractivity contribution in [1.82, 2.24) is 0 Å². The van der Waals surface area contributed by atoms with Gasteiger partial charge in [0, 0.05) is 22.8 Å². The number of halogens is 1. The van der Waals surface area contributed by atoms with Crippen LogP contribution in [0, 0.1) is 35.5 Å². The van der Waals surface area contributed by atoms with E-state index in [0.717, 1.165) is 47.2 Å². The van der Waals surface area contributed by atoms with E-state index < -0.39 is 17.3 Å². The van der Waals surface area contributed by atoms with Crippen molar-refractivity contribution in [2.45, 2.75) is 44.9 Å². The number of hydrogen-bond acceptors (Lipinski definition) is 4. The first-order valence-electron chi connectivity index (χ1n) is 13.9. The van der Waals surface area contributed by atoms with Gasteiger partial charge in [0.25, 0.3) is 0 Å². The lowest BCUT2D eigenvalue weighted by Crippen LogP contribution is -2.59. The van der Waals surface area contributed by atoms with Gasteiger partial charge >= 0.3 is 0 Å². The molecule has 1 N–H and O–H groups in total. The summed E-state index contributed by atoms with van der Waals surface area (Å²) < 4.78 is 0. The van der Waals surface area contributed by atoms with Crippen LogP contribution in [0.5, 0.6) is 0 Å². The summed E-state index contributed by atoms with van der Waals surface area (Å²) in [4.78, 5) is 31.3. The van der Waals surface area contributed by atoms with Crippen molar-refractivity contribution in [2.24, 2.45) is 11.8 Å². The molecule has 5 nitrogen and oxygen atoms in total. The molecule has 200 valence electrons. The number of anilines is 1. The summed E-state index contributed by atoms with van der Waals surface area (Å²) in [5.74, 6) is -1.74. The van der Waals surface area contributed by atoms with Crippen LogP contribution in [0.4, 0.5) is 5.69 Å². The first-order chi connectivity index (χ1) is 19.3. The third kappa shape index (κ3) is 3.63. The number of rotatable bonds is 5. The number of aryl methyl sites for hydroxylation is 2. The monoisotopic (exact) mass is 547 g/mol. The van der Waals surface area contributed by atoms with E-state index >= 15 is 0 Å². The molecule has 0 radical (unpaired) electrons. The van der Waals surface area contributed by atoms with Crippen LogP contribution in [0.1, 0.15) is 58.8 Å². The summed E-state index contributed by atoms with van der Waals surface area (Å²) in [5.41, 5.74) is 4.08. The smallest absolute Gasteiger partial charge is 0.244 e. The Kier molecular flexibility index (Phi) is 6.47. The largest absolute Gasteiger partial charge is 0.311 e. The molecule has 3 aromatic carbocycles. The van der Waals surface area contributed by atoms with Crippen LogP contribution in [-0.2, 0) is 16.6 Å². The number of Topliss-reactive ketones (excluding diaryl/α,β-unsaturated/α-hetero) is 1. The van der Waals surface area contributed by atoms with Gasteiger partial charge in [-0.25, -0.2) is 0 Å². The number of nitrogens with one attached hydrogen (secondary N) is 1. The molecule has 0 aromatic heterocycles. The molecule has 3 aromatic rings. The molecule has 1 heterocycles. The molecule has 6 heteroatoms. The van der Waals surface area contributed by atoms with Gasteiger partial charge in [-0.05, 0) is 84.7 Å². The molecule has 0 saturated carbocycles. The van der Waals surface area contributed by atoms with Crippen molar-refractivity contribution in [2.75, 3.05) is 11.4 Å². The zero-order valence-electron chi connectivity index (χ0n) is 22.6. The number of ketones is 1. The molecule has 3 atom stereocenters. The van der Waals surface area contributed by atoms with Crippen LogP contribution in [0.3, 0.4) is 0 Å². The summed E-state index contributed by atoms with van der Waals surface area (Å²) in [6.07, 6.45) is 3.03. The van der Waals surface area contributed by atoms with Gasteiger partial charge in [-0.3, -0.25) is 9.59 Å². The van der Waals surface area contributed by atoms with E-state index in [9.17, 15) is 20.3 Å². The first-order valence-corrected chi connectivity index (χ1v) is 14.3. The number of carbonyl (C=O) groups is 2. The van der Waals surface area contributed by atoms with Crippen molar-refractivity contribution in [3.05, 3.63) is 105 Å². The lowest BCUT2D eigenvalue weighted by molar-refractivity contribution is -0.122. The molecule has 6 rings (SSSR count). The molecule has 1 spiro atoms. The third-order valence-corrected chi connectivity index (χ3v) is 9.15. The summed E-state index contributed by atoms with van der Waals surface area (Å²) in [6.45, 7) is 4.53. The zero-order valence-corrected chi connectivity index (χ0v) is 23.4. The summed E-state index contributed by atoms with van der Waals surface area (Å²) in [5, 5.41) is 20.8. The minimum atomic E-state index is -1.59. The number of hydrogen-bond donors (Lipinski definition) is 1. The fourth-order valence-electron chi connectivity index (χ4n) is 7.11. The van der Waals surface area contributed by atoms with E-state index in [1.807, 2.05) is 49.4 Å². The van der Waals surface area contributed by atoms with Gasteiger partial charge in [-0.2, -0.15) is 5.26 Å². The van der Waals surface area contributed by atoms with Crippen LogP contribution in [0.25, 0.3) is 5.57 Å². The Hall–Kier alpha value is -4.01. The molecule has 2 aliphatic carbocycles. The quantitative estimate of drug-likeness (QED) is 0.345. The summed E-state index contributed by atoms with van der Waals surface area (Å²) in [7, 11) is 0. The second-order valence-corrected chi connectivity index (χ2v) is 11.5. The van der Waals surface area contributed by atoms with E-state index in [1.165, 1.54) is 0 Å². The lowest BCUT2D eigenvalue weighted by atomic mass is 9.52. The number of benzene rings is 3. The van der Waals surface area contributed by atoms with Crippen LogP contribution >= 0.6 is 11.6 Å². The molecule has 40 heavy (non-hydrogen) atoms. The first kappa shape index (κ1) is 26.2. The predicted octanol–water partition coefficient (Wildman–Crippen LogP) is 7.11. The molecule has 0 unspecified atom stereocenters. The Balaban J connectivity index is 1.68. The normalized spacial score (nSPS) is 23.1. The van der Waals surface area contributed by atoms with Gasteiger partial charge in [0.05, 0.1) is 17.2 Å². The highest BCUT2D eigenvalue weighted by atomic mass is 35.5. The highest BCUT2D eigenvalue weighted by molar-refractivity contribution is 6.34. The molecule has 1 amide bonds. The Morgan fingerprint density at radius 3 is 2.62 bits per heavy atom. The van der Waals surface area contributed by atoms with Crippen molar-refractivity contribution >= 4 is 40.3 Å². The second-order valence-electron chi connectivity index (χ2n) is 11.1. The Morgan fingerprint density at radius 1 is 1.15 bits per heavy atom. The van der Waals surface area contributed by atoms with Gasteiger partial charge in [-0.1, -0.05) is 66.9 Å². The van der Waals surface area contributed by atoms with E-state index in [-0.39, 0.29) is 23.0 Å². The number of carbonyl (C=O) groups excluding carboxylic acids is 2. The number of fused-ring (bicyclic) bond motifs is 5. The third-order valence-electron chi connectivity index (χ3n) is 8.89. The summed E-state index contributed by atoms with van der Waals surface area (Å²) in [6, 6.07) is 22.9. The maximum atomic E-state index is 14.8. The van der Waals surface area contributed by atoms with Gasteiger partial charge in [0.15, 0.2) is 5.78 Å².